The van der Waals surface area contributed by atoms with Gasteiger partial charge in [0.15, 0.2) is 0 Å². The van der Waals surface area contributed by atoms with Crippen LogP contribution in [-0.4, -0.2) is 29.6 Å². The van der Waals surface area contributed by atoms with Crippen LogP contribution in [-0.2, 0) is 0 Å². The number of rotatable bonds is 4. The molecule has 0 aliphatic carbocycles. The second-order valence-electron chi connectivity index (χ2n) is 5.14. The van der Waals surface area contributed by atoms with E-state index in [1.54, 1.807) is 0 Å². The summed E-state index contributed by atoms with van der Waals surface area (Å²) in [7, 11) is 0. The van der Waals surface area contributed by atoms with Crippen molar-refractivity contribution in [2.45, 2.75) is 71.5 Å². The highest BCUT2D eigenvalue weighted by Gasteiger charge is 2.33. The van der Waals surface area contributed by atoms with Crippen LogP contribution in [0.15, 0.2) is 0 Å². The third-order valence-electron chi connectivity index (χ3n) is 4.24. The first-order chi connectivity index (χ1) is 7.11. The number of likely N-dealkylation sites (tertiary alicyclic amines) is 1. The van der Waals surface area contributed by atoms with E-state index in [4.69, 9.17) is 5.73 Å². The van der Waals surface area contributed by atoms with Crippen molar-refractivity contribution in [2.75, 3.05) is 6.54 Å². The fourth-order valence-corrected chi connectivity index (χ4v) is 2.88. The summed E-state index contributed by atoms with van der Waals surface area (Å²) in [5.41, 5.74) is 6.12. The fraction of sp³-hybridized carbons (Fsp3) is 1.00. The van der Waals surface area contributed by atoms with Crippen LogP contribution in [0.1, 0.15) is 53.4 Å². The largest absolute Gasteiger partial charge is 0.327 e. The van der Waals surface area contributed by atoms with E-state index in [2.05, 4.69) is 32.6 Å². The molecule has 0 aromatic rings. The van der Waals surface area contributed by atoms with Crippen molar-refractivity contribution in [3.8, 4) is 0 Å². The zero-order valence-electron chi connectivity index (χ0n) is 10.9. The molecule has 2 heteroatoms. The molecule has 4 atom stereocenters. The quantitative estimate of drug-likeness (QED) is 0.776. The number of hydrogen-bond donors (Lipinski definition) is 1. The van der Waals surface area contributed by atoms with E-state index in [-0.39, 0.29) is 0 Å². The molecule has 0 aromatic heterocycles. The standard InChI is InChI=1S/C13H28N2/c1-5-7-12(6-2)15-9-8-13(14)10(3)11(15)4/h10-13H,5-9,14H2,1-4H3. The van der Waals surface area contributed by atoms with E-state index >= 15 is 0 Å². The molecule has 1 aliphatic rings. The van der Waals surface area contributed by atoms with Gasteiger partial charge in [0.05, 0.1) is 0 Å². The summed E-state index contributed by atoms with van der Waals surface area (Å²) in [5, 5.41) is 0. The van der Waals surface area contributed by atoms with Gasteiger partial charge in [-0.2, -0.15) is 0 Å². The van der Waals surface area contributed by atoms with Gasteiger partial charge >= 0.3 is 0 Å². The molecule has 1 heterocycles. The maximum atomic E-state index is 6.12. The van der Waals surface area contributed by atoms with Crippen LogP contribution < -0.4 is 5.73 Å². The molecule has 1 aliphatic heterocycles. The molecule has 0 amide bonds. The summed E-state index contributed by atoms with van der Waals surface area (Å²) in [6, 6.07) is 1.85. The molecular weight excluding hydrogens is 184 g/mol. The number of piperidine rings is 1. The van der Waals surface area contributed by atoms with Crippen molar-refractivity contribution in [3.63, 3.8) is 0 Å². The Kier molecular flexibility index (Phi) is 5.07. The van der Waals surface area contributed by atoms with Crippen molar-refractivity contribution in [3.05, 3.63) is 0 Å². The van der Waals surface area contributed by atoms with Gasteiger partial charge in [0.1, 0.15) is 0 Å². The maximum Gasteiger partial charge on any atom is 0.0110 e. The second kappa shape index (κ2) is 5.86. The Labute approximate surface area is 95.2 Å². The van der Waals surface area contributed by atoms with E-state index in [1.807, 2.05) is 0 Å². The summed E-state index contributed by atoms with van der Waals surface area (Å²) >= 11 is 0. The average molecular weight is 212 g/mol. The molecule has 4 unspecified atom stereocenters. The zero-order chi connectivity index (χ0) is 11.4. The Bertz CT molecular complexity index is 179. The molecule has 0 radical (unpaired) electrons. The molecule has 0 aromatic carbocycles. The number of nitrogens with two attached hydrogens (primary N) is 1. The SMILES string of the molecule is CCCC(CC)N1CCC(N)C(C)C1C. The minimum absolute atomic E-state index is 0.412. The van der Waals surface area contributed by atoms with Gasteiger partial charge in [0.2, 0.25) is 0 Å². The summed E-state index contributed by atoms with van der Waals surface area (Å²) in [6.07, 6.45) is 5.08. The lowest BCUT2D eigenvalue weighted by atomic mass is 9.86. The lowest BCUT2D eigenvalue weighted by molar-refractivity contribution is 0.0504. The predicted molar refractivity (Wildman–Crippen MR) is 66.9 cm³/mol. The first kappa shape index (κ1) is 13.0. The van der Waals surface area contributed by atoms with E-state index in [0.29, 0.717) is 18.0 Å². The third kappa shape index (κ3) is 2.94. The fourth-order valence-electron chi connectivity index (χ4n) is 2.88. The minimum atomic E-state index is 0.412. The molecule has 90 valence electrons. The van der Waals surface area contributed by atoms with Crippen LogP contribution in [0.3, 0.4) is 0 Å². The molecule has 0 bridgehead atoms. The smallest absolute Gasteiger partial charge is 0.0110 e. The third-order valence-corrected chi connectivity index (χ3v) is 4.24. The Hall–Kier alpha value is -0.0800. The predicted octanol–water partition coefficient (Wildman–Crippen LogP) is 2.62. The van der Waals surface area contributed by atoms with Crippen molar-refractivity contribution < 1.29 is 0 Å². The van der Waals surface area contributed by atoms with Gasteiger partial charge in [-0.3, -0.25) is 4.90 Å². The number of nitrogens with zero attached hydrogens (tertiary/aromatic N) is 1. The highest BCUT2D eigenvalue weighted by atomic mass is 15.2. The van der Waals surface area contributed by atoms with Crippen molar-refractivity contribution in [1.82, 2.24) is 4.90 Å². The lowest BCUT2D eigenvalue weighted by Crippen LogP contribution is -2.55. The van der Waals surface area contributed by atoms with Gasteiger partial charge in [-0.05, 0) is 32.1 Å². The first-order valence-corrected chi connectivity index (χ1v) is 6.63. The summed E-state index contributed by atoms with van der Waals surface area (Å²) < 4.78 is 0. The first-order valence-electron chi connectivity index (χ1n) is 6.63. The van der Waals surface area contributed by atoms with Crippen LogP contribution in [0.2, 0.25) is 0 Å². The van der Waals surface area contributed by atoms with Gasteiger partial charge in [-0.25, -0.2) is 0 Å². The molecular formula is C13H28N2. The Morgan fingerprint density at radius 3 is 2.53 bits per heavy atom. The number of hydrogen-bond acceptors (Lipinski definition) is 2. The van der Waals surface area contributed by atoms with Gasteiger partial charge in [-0.1, -0.05) is 27.2 Å². The summed E-state index contributed by atoms with van der Waals surface area (Å²) in [4.78, 5) is 2.69. The van der Waals surface area contributed by atoms with E-state index < -0.39 is 0 Å². The average Bonchev–Trinajstić information content (AvgIpc) is 2.24. The van der Waals surface area contributed by atoms with Crippen molar-refractivity contribution in [2.24, 2.45) is 11.7 Å². The van der Waals surface area contributed by atoms with Crippen LogP contribution in [0.25, 0.3) is 0 Å². The molecule has 1 saturated heterocycles. The van der Waals surface area contributed by atoms with Crippen LogP contribution in [0.5, 0.6) is 0 Å². The van der Waals surface area contributed by atoms with Gasteiger partial charge in [-0.15, -0.1) is 0 Å². The Morgan fingerprint density at radius 2 is 2.00 bits per heavy atom. The monoisotopic (exact) mass is 212 g/mol. The van der Waals surface area contributed by atoms with Gasteiger partial charge < -0.3 is 5.73 Å². The lowest BCUT2D eigenvalue weighted by Gasteiger charge is -2.45. The molecule has 0 spiro atoms. The van der Waals surface area contributed by atoms with Gasteiger partial charge in [0.25, 0.3) is 0 Å². The molecule has 2 nitrogen and oxygen atoms in total. The Balaban J connectivity index is 2.60. The maximum absolute atomic E-state index is 6.12. The topological polar surface area (TPSA) is 29.3 Å². The van der Waals surface area contributed by atoms with Crippen LogP contribution in [0.4, 0.5) is 0 Å². The molecule has 1 rings (SSSR count). The highest BCUT2D eigenvalue weighted by Crippen LogP contribution is 2.26. The molecule has 15 heavy (non-hydrogen) atoms. The van der Waals surface area contributed by atoms with Crippen molar-refractivity contribution in [1.29, 1.82) is 0 Å². The highest BCUT2D eigenvalue weighted by molar-refractivity contribution is 4.89. The normalized spacial score (nSPS) is 35.4. The summed E-state index contributed by atoms with van der Waals surface area (Å²) in [5.74, 6) is 0.643. The van der Waals surface area contributed by atoms with E-state index in [9.17, 15) is 0 Å². The summed E-state index contributed by atoms with van der Waals surface area (Å²) in [6.45, 7) is 10.5. The molecule has 1 fully saturated rings. The molecule has 0 saturated carbocycles. The van der Waals surface area contributed by atoms with Gasteiger partial charge in [0, 0.05) is 24.7 Å². The van der Waals surface area contributed by atoms with Crippen LogP contribution in [0, 0.1) is 5.92 Å². The van der Waals surface area contributed by atoms with E-state index in [1.165, 1.54) is 32.2 Å². The molecule has 2 N–H and O–H groups in total. The minimum Gasteiger partial charge on any atom is -0.327 e. The van der Waals surface area contributed by atoms with Crippen LogP contribution >= 0.6 is 0 Å². The van der Waals surface area contributed by atoms with Crippen molar-refractivity contribution >= 4 is 0 Å². The second-order valence-corrected chi connectivity index (χ2v) is 5.14. The van der Waals surface area contributed by atoms with E-state index in [0.717, 1.165) is 6.04 Å². The Morgan fingerprint density at radius 1 is 1.33 bits per heavy atom. The zero-order valence-corrected chi connectivity index (χ0v) is 10.9.